The predicted molar refractivity (Wildman–Crippen MR) is 77.9 cm³/mol. The number of carbonyl (C=O) groups excluding carboxylic acids is 2. The number of aryl methyl sites for hydroxylation is 2. The lowest BCUT2D eigenvalue weighted by molar-refractivity contribution is -0.305. The van der Waals surface area contributed by atoms with E-state index in [0.717, 1.165) is 25.7 Å². The third kappa shape index (κ3) is 5.61. The highest BCUT2D eigenvalue weighted by atomic mass is 16.4. The van der Waals surface area contributed by atoms with E-state index in [2.05, 4.69) is 6.92 Å². The van der Waals surface area contributed by atoms with Crippen molar-refractivity contribution in [2.24, 2.45) is 0 Å². The van der Waals surface area contributed by atoms with Gasteiger partial charge in [-0.15, -0.1) is 0 Å². The molecule has 5 heteroatoms. The van der Waals surface area contributed by atoms with Crippen molar-refractivity contribution >= 4 is 11.9 Å². The molecule has 0 N–H and O–H groups in total. The predicted octanol–water partition coefficient (Wildman–Crippen LogP) is 2.06. The monoisotopic (exact) mass is 294 g/mol. The van der Waals surface area contributed by atoms with Gasteiger partial charge in [0.1, 0.15) is 11.5 Å². The van der Waals surface area contributed by atoms with Crippen molar-refractivity contribution in [3.8, 4) is 0 Å². The number of aliphatic carboxylic acids is 1. The number of amides is 1. The number of carboxylic acids is 1. The number of hydrogen-bond donors (Lipinski definition) is 0. The minimum atomic E-state index is -1.14. The second kappa shape index (κ2) is 8.49. The lowest BCUT2D eigenvalue weighted by atomic mass is 10.1. The number of hydrogen-bond acceptors (Lipinski definition) is 4. The molecule has 1 rings (SSSR count). The summed E-state index contributed by atoms with van der Waals surface area (Å²) in [6.45, 7) is 6.40. The molecule has 0 aromatic carbocycles. The van der Waals surface area contributed by atoms with Crippen LogP contribution in [0, 0.1) is 13.8 Å². The Bertz CT molecular complexity index is 479. The van der Waals surface area contributed by atoms with Crippen molar-refractivity contribution in [1.82, 2.24) is 4.90 Å². The molecule has 1 heterocycles. The number of carbonyl (C=O) groups is 2. The van der Waals surface area contributed by atoms with Gasteiger partial charge in [0.05, 0.1) is 5.56 Å². The minimum absolute atomic E-state index is 0.143. The zero-order valence-corrected chi connectivity index (χ0v) is 13.1. The third-order valence-corrected chi connectivity index (χ3v) is 3.43. The lowest BCUT2D eigenvalue weighted by Gasteiger charge is -2.22. The van der Waals surface area contributed by atoms with Crippen molar-refractivity contribution in [2.45, 2.75) is 52.9 Å². The standard InChI is InChI=1S/C16H25NO4/c1-4-5-6-7-9-17(10-8-15(18)19)16(20)14-11-12(2)21-13(14)3/h11H,4-10H2,1-3H3,(H,18,19)/p-1. The second-order valence-corrected chi connectivity index (χ2v) is 5.30. The number of nitrogens with zero attached hydrogens (tertiary/aromatic N) is 1. The molecule has 0 fully saturated rings. The van der Waals surface area contributed by atoms with Crippen LogP contribution in [0.4, 0.5) is 0 Å². The molecule has 0 radical (unpaired) electrons. The van der Waals surface area contributed by atoms with E-state index in [1.807, 2.05) is 0 Å². The van der Waals surface area contributed by atoms with E-state index in [1.165, 1.54) is 0 Å². The highest BCUT2D eigenvalue weighted by Crippen LogP contribution is 2.17. The van der Waals surface area contributed by atoms with Crippen LogP contribution in [-0.4, -0.2) is 29.9 Å². The Kier molecular flexibility index (Phi) is 6.99. The Hall–Kier alpha value is -1.78. The highest BCUT2D eigenvalue weighted by molar-refractivity contribution is 5.95. The Morgan fingerprint density at radius 1 is 1.19 bits per heavy atom. The Labute approximate surface area is 125 Å². The van der Waals surface area contributed by atoms with Gasteiger partial charge < -0.3 is 19.2 Å². The molecule has 0 saturated heterocycles. The van der Waals surface area contributed by atoms with Crippen LogP contribution in [0.2, 0.25) is 0 Å². The van der Waals surface area contributed by atoms with E-state index in [1.54, 1.807) is 24.8 Å². The van der Waals surface area contributed by atoms with E-state index >= 15 is 0 Å². The third-order valence-electron chi connectivity index (χ3n) is 3.43. The summed E-state index contributed by atoms with van der Waals surface area (Å²) in [7, 11) is 0. The van der Waals surface area contributed by atoms with E-state index in [-0.39, 0.29) is 18.9 Å². The van der Waals surface area contributed by atoms with Crippen LogP contribution in [0.1, 0.15) is 60.9 Å². The SMILES string of the molecule is CCCCCCN(CCC(=O)[O-])C(=O)c1cc(C)oc1C. The van der Waals surface area contributed by atoms with Crippen LogP contribution in [0.25, 0.3) is 0 Å². The average Bonchev–Trinajstić information content (AvgIpc) is 2.76. The van der Waals surface area contributed by atoms with Crippen molar-refractivity contribution in [3.63, 3.8) is 0 Å². The van der Waals surface area contributed by atoms with E-state index in [9.17, 15) is 14.7 Å². The van der Waals surface area contributed by atoms with E-state index in [4.69, 9.17) is 4.42 Å². The summed E-state index contributed by atoms with van der Waals surface area (Å²) in [6, 6.07) is 1.70. The number of rotatable bonds is 9. The average molecular weight is 294 g/mol. The number of furan rings is 1. The fourth-order valence-electron chi connectivity index (χ4n) is 2.28. The van der Waals surface area contributed by atoms with Gasteiger partial charge in [0.25, 0.3) is 5.91 Å². The maximum absolute atomic E-state index is 12.5. The molecule has 0 aliphatic heterocycles. The van der Waals surface area contributed by atoms with Crippen LogP contribution in [-0.2, 0) is 4.79 Å². The van der Waals surface area contributed by atoms with Gasteiger partial charge in [0.2, 0.25) is 0 Å². The Morgan fingerprint density at radius 3 is 2.43 bits per heavy atom. The van der Waals surface area contributed by atoms with Gasteiger partial charge in [0.15, 0.2) is 0 Å². The molecule has 1 amide bonds. The molecule has 5 nitrogen and oxygen atoms in total. The molecule has 0 aliphatic carbocycles. The zero-order valence-electron chi connectivity index (χ0n) is 13.1. The second-order valence-electron chi connectivity index (χ2n) is 5.30. The smallest absolute Gasteiger partial charge is 0.257 e. The van der Waals surface area contributed by atoms with Crippen molar-refractivity contribution < 1.29 is 19.1 Å². The summed E-state index contributed by atoms with van der Waals surface area (Å²) in [5.74, 6) is -0.0465. The molecule has 0 aliphatic rings. The molecule has 0 atom stereocenters. The highest BCUT2D eigenvalue weighted by Gasteiger charge is 2.20. The van der Waals surface area contributed by atoms with Gasteiger partial charge >= 0.3 is 0 Å². The molecule has 0 unspecified atom stereocenters. The van der Waals surface area contributed by atoms with Gasteiger partial charge in [-0.1, -0.05) is 26.2 Å². The first-order valence-electron chi connectivity index (χ1n) is 7.51. The number of unbranched alkanes of at least 4 members (excludes halogenated alkanes) is 3. The van der Waals surface area contributed by atoms with Gasteiger partial charge in [-0.05, 0) is 26.3 Å². The molecular formula is C16H24NO4-. The van der Waals surface area contributed by atoms with Crippen LogP contribution in [0.5, 0.6) is 0 Å². The summed E-state index contributed by atoms with van der Waals surface area (Å²) in [5, 5.41) is 10.6. The first kappa shape index (κ1) is 17.3. The van der Waals surface area contributed by atoms with Crippen molar-refractivity contribution in [1.29, 1.82) is 0 Å². The van der Waals surface area contributed by atoms with Gasteiger partial charge in [-0.25, -0.2) is 0 Å². The van der Waals surface area contributed by atoms with Gasteiger partial charge in [0, 0.05) is 25.5 Å². The zero-order chi connectivity index (χ0) is 15.8. The molecule has 0 spiro atoms. The summed E-state index contributed by atoms with van der Waals surface area (Å²) in [5.41, 5.74) is 0.515. The lowest BCUT2D eigenvalue weighted by Crippen LogP contribution is -2.36. The number of carboxylic acid groups (broad SMARTS) is 1. The Balaban J connectivity index is 2.71. The topological polar surface area (TPSA) is 73.6 Å². The quantitative estimate of drug-likeness (QED) is 0.653. The minimum Gasteiger partial charge on any atom is -0.550 e. The molecule has 1 aromatic rings. The van der Waals surface area contributed by atoms with Crippen LogP contribution in [0.3, 0.4) is 0 Å². The molecule has 118 valence electrons. The molecule has 0 saturated carbocycles. The first-order valence-corrected chi connectivity index (χ1v) is 7.51. The van der Waals surface area contributed by atoms with Crippen LogP contribution >= 0.6 is 0 Å². The Morgan fingerprint density at radius 2 is 1.90 bits per heavy atom. The first-order chi connectivity index (χ1) is 9.95. The summed E-state index contributed by atoms with van der Waals surface area (Å²) in [6.07, 6.45) is 4.01. The fourth-order valence-corrected chi connectivity index (χ4v) is 2.28. The van der Waals surface area contributed by atoms with Gasteiger partial charge in [-0.3, -0.25) is 4.79 Å². The summed E-state index contributed by atoms with van der Waals surface area (Å²) < 4.78 is 5.38. The van der Waals surface area contributed by atoms with Crippen LogP contribution in [0.15, 0.2) is 10.5 Å². The van der Waals surface area contributed by atoms with Crippen LogP contribution < -0.4 is 5.11 Å². The molecule has 0 bridgehead atoms. The largest absolute Gasteiger partial charge is 0.550 e. The maximum atomic E-state index is 12.5. The fraction of sp³-hybridized carbons (Fsp3) is 0.625. The molecule has 21 heavy (non-hydrogen) atoms. The van der Waals surface area contributed by atoms with Gasteiger partial charge in [-0.2, -0.15) is 0 Å². The summed E-state index contributed by atoms with van der Waals surface area (Å²) >= 11 is 0. The maximum Gasteiger partial charge on any atom is 0.257 e. The summed E-state index contributed by atoms with van der Waals surface area (Å²) in [4.78, 5) is 24.7. The molecular weight excluding hydrogens is 270 g/mol. The molecule has 1 aromatic heterocycles. The van der Waals surface area contributed by atoms with Crippen molar-refractivity contribution in [3.05, 3.63) is 23.2 Å². The van der Waals surface area contributed by atoms with E-state index < -0.39 is 5.97 Å². The van der Waals surface area contributed by atoms with Crippen molar-refractivity contribution in [2.75, 3.05) is 13.1 Å². The van der Waals surface area contributed by atoms with E-state index in [0.29, 0.717) is 23.6 Å². The normalized spacial score (nSPS) is 10.6.